The molecule has 9 heteroatoms. The van der Waals surface area contributed by atoms with Gasteiger partial charge >= 0.3 is 0 Å². The quantitative estimate of drug-likeness (QED) is 0.709. The molecule has 3 aromatic rings. The van der Waals surface area contributed by atoms with Crippen LogP contribution in [0.2, 0.25) is 0 Å². The van der Waals surface area contributed by atoms with Gasteiger partial charge in [-0.3, -0.25) is 9.89 Å². The summed E-state index contributed by atoms with van der Waals surface area (Å²) in [5.41, 5.74) is 2.89. The molecular weight excluding hydrogens is 355 g/mol. The topological polar surface area (TPSA) is 79.7 Å². The van der Waals surface area contributed by atoms with Crippen LogP contribution in [0.15, 0.2) is 35.7 Å². The summed E-state index contributed by atoms with van der Waals surface area (Å²) in [5, 5.41) is 15.8. The van der Waals surface area contributed by atoms with Gasteiger partial charge in [-0.25, -0.2) is 4.39 Å². The zero-order chi connectivity index (χ0) is 18.1. The van der Waals surface area contributed by atoms with Gasteiger partial charge in [0, 0.05) is 43.4 Å². The van der Waals surface area contributed by atoms with Crippen molar-refractivity contribution in [3.05, 3.63) is 47.7 Å². The molecule has 0 saturated heterocycles. The van der Waals surface area contributed by atoms with E-state index in [1.165, 1.54) is 17.8 Å². The molecule has 0 bridgehead atoms. The fourth-order valence-corrected chi connectivity index (χ4v) is 3.80. The lowest BCUT2D eigenvalue weighted by atomic mass is 10.0. The van der Waals surface area contributed by atoms with Crippen LogP contribution in [-0.4, -0.2) is 48.1 Å². The van der Waals surface area contributed by atoms with Gasteiger partial charge < -0.3 is 9.47 Å². The minimum Gasteiger partial charge on any atom is -0.337 e. The Morgan fingerprint density at radius 3 is 3.00 bits per heavy atom. The average Bonchev–Trinajstić information content (AvgIpc) is 3.25. The Hall–Kier alpha value is -2.68. The number of rotatable bonds is 4. The van der Waals surface area contributed by atoms with Crippen molar-refractivity contribution in [3.63, 3.8) is 0 Å². The maximum absolute atomic E-state index is 14.1. The number of aromatic nitrogens is 5. The summed E-state index contributed by atoms with van der Waals surface area (Å²) in [7, 11) is 1.84. The number of thioether (sulfide) groups is 1. The highest BCUT2D eigenvalue weighted by molar-refractivity contribution is 7.99. The van der Waals surface area contributed by atoms with Crippen LogP contribution in [0.3, 0.4) is 0 Å². The van der Waals surface area contributed by atoms with E-state index in [0.717, 1.165) is 11.3 Å². The van der Waals surface area contributed by atoms with Gasteiger partial charge in [0.15, 0.2) is 5.16 Å². The molecule has 134 valence electrons. The van der Waals surface area contributed by atoms with E-state index in [1.807, 2.05) is 7.05 Å². The Balaban J connectivity index is 1.50. The van der Waals surface area contributed by atoms with Crippen LogP contribution in [-0.2, 0) is 24.8 Å². The van der Waals surface area contributed by atoms with Gasteiger partial charge in [0.1, 0.15) is 17.8 Å². The van der Waals surface area contributed by atoms with Crippen molar-refractivity contribution in [1.82, 2.24) is 29.9 Å². The number of nitrogens with one attached hydrogen (secondary N) is 1. The molecule has 1 aliphatic rings. The van der Waals surface area contributed by atoms with Gasteiger partial charge in [0.2, 0.25) is 5.91 Å². The average molecular weight is 372 g/mol. The van der Waals surface area contributed by atoms with E-state index >= 15 is 0 Å². The van der Waals surface area contributed by atoms with E-state index in [2.05, 4.69) is 20.4 Å². The number of aromatic amines is 1. The third-order valence-corrected chi connectivity index (χ3v) is 5.43. The van der Waals surface area contributed by atoms with Crippen molar-refractivity contribution in [2.45, 2.75) is 18.1 Å². The minimum absolute atomic E-state index is 0.0179. The van der Waals surface area contributed by atoms with Gasteiger partial charge in [0.05, 0.1) is 5.75 Å². The molecule has 7 nitrogen and oxygen atoms in total. The van der Waals surface area contributed by atoms with Crippen LogP contribution in [0.25, 0.3) is 11.3 Å². The highest BCUT2D eigenvalue weighted by Crippen LogP contribution is 2.30. The standard InChI is InChI=1S/C17H17FN6OS/c1-23-10-19-22-17(23)26-9-15(25)24-7-6-14-12(8-24)16(21-20-14)11-4-2-3-5-13(11)18/h2-5,10H,6-9H2,1H3,(H,20,21). The second-order valence-corrected chi connectivity index (χ2v) is 7.03. The molecular formula is C17H17FN6OS. The van der Waals surface area contributed by atoms with Crippen LogP contribution < -0.4 is 0 Å². The number of fused-ring (bicyclic) bond motifs is 1. The smallest absolute Gasteiger partial charge is 0.233 e. The largest absolute Gasteiger partial charge is 0.337 e. The molecule has 1 amide bonds. The summed E-state index contributed by atoms with van der Waals surface area (Å²) in [6.45, 7) is 1.04. The molecule has 1 aromatic carbocycles. The Morgan fingerprint density at radius 1 is 1.38 bits per heavy atom. The summed E-state index contributed by atoms with van der Waals surface area (Å²) < 4.78 is 15.9. The number of hydrogen-bond donors (Lipinski definition) is 1. The summed E-state index contributed by atoms with van der Waals surface area (Å²) in [5.74, 6) is -0.0122. The SMILES string of the molecule is Cn1cnnc1SCC(=O)N1CCc2[nH]nc(-c3ccccc3F)c2C1. The van der Waals surface area contributed by atoms with Crippen LogP contribution in [0, 0.1) is 5.82 Å². The van der Waals surface area contributed by atoms with Crippen molar-refractivity contribution in [2.75, 3.05) is 12.3 Å². The molecule has 0 unspecified atom stereocenters. The maximum Gasteiger partial charge on any atom is 0.233 e. The molecule has 26 heavy (non-hydrogen) atoms. The first-order valence-electron chi connectivity index (χ1n) is 8.19. The van der Waals surface area contributed by atoms with Gasteiger partial charge in [-0.05, 0) is 12.1 Å². The minimum atomic E-state index is -0.317. The molecule has 0 fully saturated rings. The van der Waals surface area contributed by atoms with E-state index in [9.17, 15) is 9.18 Å². The van der Waals surface area contributed by atoms with Crippen LogP contribution in [0.5, 0.6) is 0 Å². The molecule has 0 radical (unpaired) electrons. The molecule has 0 atom stereocenters. The van der Waals surface area contributed by atoms with Crippen molar-refractivity contribution in [2.24, 2.45) is 7.05 Å². The van der Waals surface area contributed by atoms with Crippen molar-refractivity contribution in [3.8, 4) is 11.3 Å². The Bertz CT molecular complexity index is 952. The van der Waals surface area contributed by atoms with Crippen molar-refractivity contribution in [1.29, 1.82) is 0 Å². The number of amides is 1. The number of H-pyrrole nitrogens is 1. The van der Waals surface area contributed by atoms with E-state index in [-0.39, 0.29) is 17.5 Å². The Kier molecular flexibility index (Phi) is 4.46. The lowest BCUT2D eigenvalue weighted by Crippen LogP contribution is -2.37. The van der Waals surface area contributed by atoms with E-state index < -0.39 is 0 Å². The summed E-state index contributed by atoms with van der Waals surface area (Å²) >= 11 is 1.36. The van der Waals surface area contributed by atoms with Crippen molar-refractivity contribution >= 4 is 17.7 Å². The number of aryl methyl sites for hydroxylation is 1. The highest BCUT2D eigenvalue weighted by atomic mass is 32.2. The van der Waals surface area contributed by atoms with Gasteiger partial charge in [-0.15, -0.1) is 10.2 Å². The summed E-state index contributed by atoms with van der Waals surface area (Å²) in [6.07, 6.45) is 2.28. The molecule has 3 heterocycles. The van der Waals surface area contributed by atoms with Crippen LogP contribution >= 0.6 is 11.8 Å². The predicted molar refractivity (Wildman–Crippen MR) is 94.8 cm³/mol. The number of benzene rings is 1. The van der Waals surface area contributed by atoms with Gasteiger partial charge in [-0.2, -0.15) is 5.10 Å². The molecule has 1 aliphatic heterocycles. The van der Waals surface area contributed by atoms with Crippen LogP contribution in [0.1, 0.15) is 11.3 Å². The number of nitrogens with zero attached hydrogens (tertiary/aromatic N) is 5. The first-order chi connectivity index (χ1) is 12.6. The third kappa shape index (κ3) is 3.10. The van der Waals surface area contributed by atoms with Gasteiger partial charge in [-0.1, -0.05) is 23.9 Å². The molecule has 1 N–H and O–H groups in total. The molecule has 4 rings (SSSR count). The normalized spacial score (nSPS) is 13.7. The monoisotopic (exact) mass is 372 g/mol. The lowest BCUT2D eigenvalue weighted by molar-refractivity contribution is -0.129. The van der Waals surface area contributed by atoms with E-state index in [0.29, 0.717) is 35.9 Å². The summed E-state index contributed by atoms with van der Waals surface area (Å²) in [4.78, 5) is 14.4. The highest BCUT2D eigenvalue weighted by Gasteiger charge is 2.26. The number of carbonyl (C=O) groups excluding carboxylic acids is 1. The summed E-state index contributed by atoms with van der Waals surface area (Å²) in [6, 6.07) is 6.55. The number of hydrogen-bond acceptors (Lipinski definition) is 5. The lowest BCUT2D eigenvalue weighted by Gasteiger charge is -2.27. The molecule has 2 aromatic heterocycles. The fourth-order valence-electron chi connectivity index (χ4n) is 3.00. The van der Waals surface area contributed by atoms with Gasteiger partial charge in [0.25, 0.3) is 0 Å². The Morgan fingerprint density at radius 2 is 2.23 bits per heavy atom. The van der Waals surface area contributed by atoms with E-state index in [1.54, 1.807) is 34.0 Å². The predicted octanol–water partition coefficient (Wildman–Crippen LogP) is 2.02. The maximum atomic E-state index is 14.1. The second kappa shape index (κ2) is 6.91. The fraction of sp³-hybridized carbons (Fsp3) is 0.294. The zero-order valence-electron chi connectivity index (χ0n) is 14.1. The van der Waals surface area contributed by atoms with E-state index in [4.69, 9.17) is 0 Å². The molecule has 0 saturated carbocycles. The zero-order valence-corrected chi connectivity index (χ0v) is 15.0. The number of carbonyl (C=O) groups is 1. The van der Waals surface area contributed by atoms with Crippen molar-refractivity contribution < 1.29 is 9.18 Å². The van der Waals surface area contributed by atoms with Crippen LogP contribution in [0.4, 0.5) is 4.39 Å². The number of halogens is 1. The third-order valence-electron chi connectivity index (χ3n) is 4.41. The molecule has 0 spiro atoms. The first-order valence-corrected chi connectivity index (χ1v) is 9.17. The first kappa shape index (κ1) is 16.8. The molecule has 0 aliphatic carbocycles. The Labute approximate surface area is 153 Å². The second-order valence-electron chi connectivity index (χ2n) is 6.09.